The number of fused-ring (bicyclic) bond motifs is 1. The van der Waals surface area contributed by atoms with E-state index < -0.39 is 0 Å². The third-order valence-corrected chi connectivity index (χ3v) is 4.78. The highest BCUT2D eigenvalue weighted by molar-refractivity contribution is 8.93. The van der Waals surface area contributed by atoms with Crippen LogP contribution in [0.15, 0.2) is 66.4 Å². The molecule has 0 aliphatic carbocycles. The lowest BCUT2D eigenvalue weighted by Crippen LogP contribution is -2.28. The van der Waals surface area contributed by atoms with Gasteiger partial charge < -0.3 is 4.98 Å². The number of nitrogens with one attached hydrogen (secondary N) is 1. The van der Waals surface area contributed by atoms with Gasteiger partial charge in [-0.05, 0) is 42.2 Å². The molecule has 3 aromatic rings. The predicted molar refractivity (Wildman–Crippen MR) is 107 cm³/mol. The minimum absolute atomic E-state index is 0. The van der Waals surface area contributed by atoms with Crippen LogP contribution in [0.5, 0.6) is 0 Å². The Hall–Kier alpha value is -1.91. The maximum Gasteiger partial charge on any atom is 0.123 e. The lowest BCUT2D eigenvalue weighted by Gasteiger charge is -2.26. The number of rotatable bonds is 4. The van der Waals surface area contributed by atoms with Crippen LogP contribution in [-0.4, -0.2) is 23.0 Å². The standard InChI is InChI=1S/C21H21FN2.BrH/c22-19-6-7-21-20(13-19)18(14-23-21)12-16-8-10-24(11-9-16)15-17-4-2-1-3-5-17;/h1-8,13-14,23H,9-12,15H2;1H. The fourth-order valence-corrected chi connectivity index (χ4v) is 3.44. The maximum absolute atomic E-state index is 13.5. The van der Waals surface area contributed by atoms with Crippen LogP contribution >= 0.6 is 17.0 Å². The molecule has 4 heteroatoms. The largest absolute Gasteiger partial charge is 0.361 e. The average molecular weight is 401 g/mol. The summed E-state index contributed by atoms with van der Waals surface area (Å²) >= 11 is 0. The number of hydrogen-bond donors (Lipinski definition) is 1. The number of H-pyrrole nitrogens is 1. The molecule has 130 valence electrons. The van der Waals surface area contributed by atoms with Gasteiger partial charge in [-0.3, -0.25) is 4.90 Å². The molecular weight excluding hydrogens is 379 g/mol. The molecule has 25 heavy (non-hydrogen) atoms. The average Bonchev–Trinajstić information content (AvgIpc) is 3.00. The Morgan fingerprint density at radius 2 is 1.92 bits per heavy atom. The first-order valence-corrected chi connectivity index (χ1v) is 8.47. The minimum atomic E-state index is -0.171. The molecule has 2 aromatic carbocycles. The summed E-state index contributed by atoms with van der Waals surface area (Å²) in [5.41, 5.74) is 5.01. The van der Waals surface area contributed by atoms with Gasteiger partial charge in [-0.25, -0.2) is 4.39 Å². The van der Waals surface area contributed by atoms with E-state index in [0.717, 1.165) is 43.4 Å². The zero-order valence-corrected chi connectivity index (χ0v) is 15.8. The summed E-state index contributed by atoms with van der Waals surface area (Å²) in [6.07, 6.45) is 6.34. The van der Waals surface area contributed by atoms with Crippen LogP contribution in [0.1, 0.15) is 17.5 Å². The summed E-state index contributed by atoms with van der Waals surface area (Å²) in [6.45, 7) is 3.07. The molecule has 1 aromatic heterocycles. The second-order valence-corrected chi connectivity index (χ2v) is 6.51. The van der Waals surface area contributed by atoms with Crippen molar-refractivity contribution in [2.24, 2.45) is 0 Å². The fraction of sp³-hybridized carbons (Fsp3) is 0.238. The van der Waals surface area contributed by atoms with Crippen molar-refractivity contribution in [3.8, 4) is 0 Å². The Morgan fingerprint density at radius 3 is 2.68 bits per heavy atom. The molecule has 1 N–H and O–H groups in total. The van der Waals surface area contributed by atoms with Crippen molar-refractivity contribution in [3.05, 3.63) is 83.3 Å². The first-order valence-electron chi connectivity index (χ1n) is 8.47. The van der Waals surface area contributed by atoms with Crippen LogP contribution < -0.4 is 0 Å². The zero-order chi connectivity index (χ0) is 16.4. The highest BCUT2D eigenvalue weighted by Crippen LogP contribution is 2.24. The van der Waals surface area contributed by atoms with Gasteiger partial charge in [0.2, 0.25) is 0 Å². The molecule has 0 spiro atoms. The van der Waals surface area contributed by atoms with Gasteiger partial charge in [-0.15, -0.1) is 17.0 Å². The number of hydrogen-bond acceptors (Lipinski definition) is 1. The molecule has 2 nitrogen and oxygen atoms in total. The van der Waals surface area contributed by atoms with Crippen molar-refractivity contribution in [1.82, 2.24) is 9.88 Å². The molecule has 0 amide bonds. The number of halogens is 2. The zero-order valence-electron chi connectivity index (χ0n) is 14.0. The Balaban J connectivity index is 0.00000182. The summed E-state index contributed by atoms with van der Waals surface area (Å²) in [4.78, 5) is 5.71. The Morgan fingerprint density at radius 1 is 1.08 bits per heavy atom. The van der Waals surface area contributed by atoms with E-state index in [2.05, 4.69) is 46.3 Å². The molecule has 0 saturated heterocycles. The number of aromatic amines is 1. The lowest BCUT2D eigenvalue weighted by atomic mass is 9.99. The van der Waals surface area contributed by atoms with E-state index in [9.17, 15) is 4.39 Å². The summed E-state index contributed by atoms with van der Waals surface area (Å²) in [5.74, 6) is -0.171. The third-order valence-electron chi connectivity index (χ3n) is 4.78. The molecule has 0 atom stereocenters. The molecular formula is C21H22BrFN2. The van der Waals surface area contributed by atoms with Crippen LogP contribution in [0.4, 0.5) is 4.39 Å². The predicted octanol–water partition coefficient (Wildman–Crippen LogP) is 5.26. The smallest absolute Gasteiger partial charge is 0.123 e. The molecule has 0 fully saturated rings. The second-order valence-electron chi connectivity index (χ2n) is 6.51. The maximum atomic E-state index is 13.5. The van der Waals surface area contributed by atoms with E-state index in [4.69, 9.17) is 0 Å². The van der Waals surface area contributed by atoms with Gasteiger partial charge in [0, 0.05) is 36.7 Å². The summed E-state index contributed by atoms with van der Waals surface area (Å²) in [7, 11) is 0. The van der Waals surface area contributed by atoms with Crippen LogP contribution in [-0.2, 0) is 13.0 Å². The molecule has 0 radical (unpaired) electrons. The van der Waals surface area contributed by atoms with E-state index >= 15 is 0 Å². The lowest BCUT2D eigenvalue weighted by molar-refractivity contribution is 0.285. The first-order chi connectivity index (χ1) is 11.8. The van der Waals surface area contributed by atoms with E-state index in [-0.39, 0.29) is 22.8 Å². The van der Waals surface area contributed by atoms with Crippen molar-refractivity contribution in [2.45, 2.75) is 19.4 Å². The van der Waals surface area contributed by atoms with Gasteiger partial charge in [0.25, 0.3) is 0 Å². The summed E-state index contributed by atoms with van der Waals surface area (Å²) < 4.78 is 13.5. The van der Waals surface area contributed by atoms with Crippen LogP contribution in [0, 0.1) is 5.82 Å². The minimum Gasteiger partial charge on any atom is -0.361 e. The SMILES string of the molecule is Br.Fc1ccc2[nH]cc(CC3=CCN(Cc4ccccc4)CC3)c2c1. The van der Waals surface area contributed by atoms with Crippen molar-refractivity contribution in [3.63, 3.8) is 0 Å². The summed E-state index contributed by atoms with van der Waals surface area (Å²) in [6, 6.07) is 15.6. The molecule has 2 heterocycles. The van der Waals surface area contributed by atoms with Crippen molar-refractivity contribution in [1.29, 1.82) is 0 Å². The topological polar surface area (TPSA) is 19.0 Å². The molecule has 0 saturated carbocycles. The summed E-state index contributed by atoms with van der Waals surface area (Å²) in [5, 5.41) is 1.00. The normalized spacial score (nSPS) is 15.0. The van der Waals surface area contributed by atoms with Crippen molar-refractivity contribution in [2.75, 3.05) is 13.1 Å². The van der Waals surface area contributed by atoms with Crippen molar-refractivity contribution < 1.29 is 4.39 Å². The van der Waals surface area contributed by atoms with Gasteiger partial charge in [0.1, 0.15) is 5.82 Å². The van der Waals surface area contributed by atoms with Gasteiger partial charge in [-0.2, -0.15) is 0 Å². The Kier molecular flexibility index (Phi) is 5.71. The first kappa shape index (κ1) is 17.9. The van der Waals surface area contributed by atoms with E-state index in [1.807, 2.05) is 12.3 Å². The number of aromatic nitrogens is 1. The molecule has 1 aliphatic heterocycles. The van der Waals surface area contributed by atoms with Crippen molar-refractivity contribution >= 4 is 27.9 Å². The quantitative estimate of drug-likeness (QED) is 0.591. The van der Waals surface area contributed by atoms with Crippen LogP contribution in [0.25, 0.3) is 10.9 Å². The van der Waals surface area contributed by atoms with E-state index in [1.54, 1.807) is 6.07 Å². The van der Waals surface area contributed by atoms with E-state index in [0.29, 0.717) is 0 Å². The van der Waals surface area contributed by atoms with Gasteiger partial charge >= 0.3 is 0 Å². The van der Waals surface area contributed by atoms with Crippen LogP contribution in [0.2, 0.25) is 0 Å². The molecule has 4 rings (SSSR count). The molecule has 1 aliphatic rings. The van der Waals surface area contributed by atoms with Gasteiger partial charge in [0.15, 0.2) is 0 Å². The fourth-order valence-electron chi connectivity index (χ4n) is 3.44. The highest BCUT2D eigenvalue weighted by Gasteiger charge is 2.14. The van der Waals surface area contributed by atoms with Gasteiger partial charge in [-0.1, -0.05) is 42.0 Å². The van der Waals surface area contributed by atoms with E-state index in [1.165, 1.54) is 22.8 Å². The highest BCUT2D eigenvalue weighted by atomic mass is 79.9. The second kappa shape index (κ2) is 7.98. The van der Waals surface area contributed by atoms with Gasteiger partial charge in [0.05, 0.1) is 0 Å². The monoisotopic (exact) mass is 400 g/mol. The third kappa shape index (κ3) is 4.20. The van der Waals surface area contributed by atoms with Crippen LogP contribution in [0.3, 0.4) is 0 Å². The molecule has 0 unspecified atom stereocenters. The Bertz CT molecular complexity index is 870. The number of benzene rings is 2. The molecule has 0 bridgehead atoms. The number of nitrogens with zero attached hydrogens (tertiary/aromatic N) is 1. The Labute approximate surface area is 158 Å².